The first-order valence-corrected chi connectivity index (χ1v) is 5.48. The van der Waals surface area contributed by atoms with E-state index in [1.54, 1.807) is 5.70 Å². The molecule has 2 N–H and O–H groups in total. The van der Waals surface area contributed by atoms with Crippen molar-refractivity contribution in [1.29, 1.82) is 0 Å². The molecule has 17 heavy (non-hydrogen) atoms. The topological polar surface area (TPSA) is 34.7 Å². The van der Waals surface area contributed by atoms with Crippen LogP contribution in [-0.2, 0) is 0 Å². The van der Waals surface area contributed by atoms with Crippen LogP contribution in [0.25, 0.3) is 11.8 Å². The van der Waals surface area contributed by atoms with Gasteiger partial charge in [0.15, 0.2) is 0 Å². The van der Waals surface area contributed by atoms with Gasteiger partial charge in [0.05, 0.1) is 0 Å². The maximum absolute atomic E-state index is 2.53. The van der Waals surface area contributed by atoms with Gasteiger partial charge in [0.25, 0.3) is 0 Å². The van der Waals surface area contributed by atoms with E-state index in [9.17, 15) is 0 Å². The highest BCUT2D eigenvalue weighted by Crippen LogP contribution is 2.20. The number of halogens is 2. The first-order chi connectivity index (χ1) is 6.95. The minimum absolute atomic E-state index is 0. The zero-order valence-corrected chi connectivity index (χ0v) is 11.3. The Morgan fingerprint density at radius 3 is 2.59 bits per heavy atom. The first kappa shape index (κ1) is 16.3. The summed E-state index contributed by atoms with van der Waals surface area (Å²) in [5, 5.41) is 2.90. The quantitative estimate of drug-likeness (QED) is 0.698. The molecule has 2 aliphatic rings. The molecule has 0 saturated carbocycles. The average Bonchev–Trinajstić information content (AvgIpc) is 2.29. The lowest BCUT2D eigenvalue weighted by molar-refractivity contribution is 0.375. The molecule has 0 radical (unpaired) electrons. The molecular weight excluding hydrogens is 257 g/mol. The predicted molar refractivity (Wildman–Crippen MR) is 77.1 cm³/mol. The van der Waals surface area contributed by atoms with Gasteiger partial charge in [0.1, 0.15) is 0 Å². The highest BCUT2D eigenvalue weighted by Gasteiger charge is 2.16. The van der Waals surface area contributed by atoms with Crippen LogP contribution in [0.2, 0.25) is 0 Å². The van der Waals surface area contributed by atoms with E-state index < -0.39 is 0 Å². The Kier molecular flexibility index (Phi) is 6.61. The zero-order valence-electron chi connectivity index (χ0n) is 9.69. The molecule has 2 heterocycles. The molecule has 0 aliphatic carbocycles. The summed E-state index contributed by atoms with van der Waals surface area (Å²) in [5.74, 6) is 0. The molecule has 0 aromatic heterocycles. The van der Waals surface area contributed by atoms with Crippen LogP contribution in [-0.4, -0.2) is 23.5 Å². The molecular formula is C13H19Cl2NO. The molecule has 1 saturated heterocycles. The van der Waals surface area contributed by atoms with Gasteiger partial charge in [-0.2, -0.15) is 0 Å². The normalized spacial score (nSPS) is 16.2. The molecule has 0 bridgehead atoms. The van der Waals surface area contributed by atoms with Crippen molar-refractivity contribution in [3.05, 3.63) is 34.7 Å². The molecule has 0 amide bonds. The third-order valence-corrected chi connectivity index (χ3v) is 3.28. The minimum Gasteiger partial charge on any atom is -0.412 e. The van der Waals surface area contributed by atoms with Gasteiger partial charge in [-0.05, 0) is 24.5 Å². The molecule has 1 fully saturated rings. The van der Waals surface area contributed by atoms with Crippen LogP contribution >= 0.6 is 24.8 Å². The van der Waals surface area contributed by atoms with E-state index in [1.165, 1.54) is 36.2 Å². The Hall–Kier alpha value is -0.700. The van der Waals surface area contributed by atoms with Crippen molar-refractivity contribution >= 4 is 36.6 Å². The van der Waals surface area contributed by atoms with Crippen molar-refractivity contribution in [3.63, 3.8) is 0 Å². The number of nitrogens with zero attached hydrogens (tertiary/aromatic N) is 1. The predicted octanol–water partition coefficient (Wildman–Crippen LogP) is 1.09. The van der Waals surface area contributed by atoms with Crippen LogP contribution in [0.4, 0.5) is 0 Å². The summed E-state index contributed by atoms with van der Waals surface area (Å²) in [7, 11) is 0. The lowest BCUT2D eigenvalue weighted by atomic mass is 10.0. The molecule has 1 aromatic rings. The van der Waals surface area contributed by atoms with Gasteiger partial charge >= 0.3 is 0 Å². The van der Waals surface area contributed by atoms with Gasteiger partial charge in [-0.3, -0.25) is 0 Å². The Labute approximate surface area is 114 Å². The maximum atomic E-state index is 2.53. The van der Waals surface area contributed by atoms with E-state index in [4.69, 9.17) is 0 Å². The molecule has 0 unspecified atom stereocenters. The molecule has 96 valence electrons. The average molecular weight is 276 g/mol. The molecule has 0 spiro atoms. The summed E-state index contributed by atoms with van der Waals surface area (Å²) in [6.45, 7) is 2.37. The number of rotatable bonds is 0. The number of hydrogen-bond donors (Lipinski definition) is 0. The van der Waals surface area contributed by atoms with E-state index in [2.05, 4.69) is 35.2 Å². The van der Waals surface area contributed by atoms with Crippen LogP contribution in [0.15, 0.2) is 24.3 Å². The number of fused-ring (bicyclic) bond motifs is 2. The van der Waals surface area contributed by atoms with E-state index >= 15 is 0 Å². The van der Waals surface area contributed by atoms with Gasteiger partial charge in [-0.1, -0.05) is 30.3 Å². The number of piperidine rings is 1. The van der Waals surface area contributed by atoms with Crippen LogP contribution in [0.3, 0.4) is 0 Å². The SMILES string of the molecule is C1=c2ccccc2=C2CCCCN2C1.Cl.Cl.O. The van der Waals surface area contributed by atoms with E-state index in [0.717, 1.165) is 6.54 Å². The van der Waals surface area contributed by atoms with Crippen molar-refractivity contribution in [2.45, 2.75) is 19.3 Å². The summed E-state index contributed by atoms with van der Waals surface area (Å²) >= 11 is 0. The Morgan fingerprint density at radius 2 is 1.76 bits per heavy atom. The Morgan fingerprint density at radius 1 is 1.00 bits per heavy atom. The Balaban J connectivity index is 0.000000853. The van der Waals surface area contributed by atoms with Gasteiger partial charge < -0.3 is 10.4 Å². The number of hydrogen-bond acceptors (Lipinski definition) is 1. The van der Waals surface area contributed by atoms with Gasteiger partial charge in [0.2, 0.25) is 0 Å². The summed E-state index contributed by atoms with van der Waals surface area (Å²) in [5.41, 5.74) is 1.58. The standard InChI is InChI=1S/C13H15N.2ClH.H2O/c1-2-6-12-11(5-1)8-10-14-9-4-3-7-13(12)14;;;/h1-2,5-6,8H,3-4,7,9-10H2;2*1H;1H2. The summed E-state index contributed by atoms with van der Waals surface area (Å²) in [4.78, 5) is 2.53. The largest absolute Gasteiger partial charge is 0.412 e. The van der Waals surface area contributed by atoms with Crippen LogP contribution in [0, 0.1) is 0 Å². The first-order valence-electron chi connectivity index (χ1n) is 5.48. The van der Waals surface area contributed by atoms with Crippen molar-refractivity contribution in [1.82, 2.24) is 4.90 Å². The fourth-order valence-electron chi connectivity index (χ4n) is 2.54. The van der Waals surface area contributed by atoms with Crippen LogP contribution < -0.4 is 10.4 Å². The molecule has 4 heteroatoms. The van der Waals surface area contributed by atoms with Gasteiger partial charge in [-0.25, -0.2) is 0 Å². The summed E-state index contributed by atoms with van der Waals surface area (Å²) in [6, 6.07) is 8.78. The second kappa shape index (κ2) is 6.90. The van der Waals surface area contributed by atoms with Gasteiger partial charge in [-0.15, -0.1) is 24.8 Å². The molecule has 3 rings (SSSR count). The summed E-state index contributed by atoms with van der Waals surface area (Å²) < 4.78 is 0. The third-order valence-electron chi connectivity index (χ3n) is 3.28. The second-order valence-electron chi connectivity index (χ2n) is 4.14. The highest BCUT2D eigenvalue weighted by molar-refractivity contribution is 5.85. The fourth-order valence-corrected chi connectivity index (χ4v) is 2.54. The van der Waals surface area contributed by atoms with Crippen molar-refractivity contribution in [3.8, 4) is 0 Å². The lowest BCUT2D eigenvalue weighted by Crippen LogP contribution is -2.41. The van der Waals surface area contributed by atoms with Crippen molar-refractivity contribution in [2.24, 2.45) is 0 Å². The second-order valence-corrected chi connectivity index (χ2v) is 4.14. The van der Waals surface area contributed by atoms with Gasteiger partial charge in [0, 0.05) is 24.0 Å². The number of benzene rings is 1. The lowest BCUT2D eigenvalue weighted by Gasteiger charge is -2.32. The third kappa shape index (κ3) is 2.95. The Bertz CT molecular complexity index is 473. The monoisotopic (exact) mass is 275 g/mol. The maximum Gasteiger partial charge on any atom is 0.0365 e. The molecule has 0 atom stereocenters. The van der Waals surface area contributed by atoms with Crippen molar-refractivity contribution in [2.75, 3.05) is 13.1 Å². The molecule has 2 aliphatic heterocycles. The van der Waals surface area contributed by atoms with Crippen LogP contribution in [0.5, 0.6) is 0 Å². The fraction of sp³-hybridized carbons (Fsp3) is 0.385. The van der Waals surface area contributed by atoms with E-state index in [0.29, 0.717) is 0 Å². The molecule has 1 aromatic carbocycles. The minimum atomic E-state index is 0. The highest BCUT2D eigenvalue weighted by atomic mass is 35.5. The van der Waals surface area contributed by atoms with E-state index in [1.807, 2.05) is 0 Å². The molecule has 2 nitrogen and oxygen atoms in total. The smallest absolute Gasteiger partial charge is 0.0365 e. The van der Waals surface area contributed by atoms with Crippen molar-refractivity contribution < 1.29 is 5.48 Å². The summed E-state index contributed by atoms with van der Waals surface area (Å²) in [6.07, 6.45) is 6.34. The zero-order chi connectivity index (χ0) is 9.38. The van der Waals surface area contributed by atoms with Crippen LogP contribution in [0.1, 0.15) is 19.3 Å². The van der Waals surface area contributed by atoms with E-state index in [-0.39, 0.29) is 30.3 Å².